The molecule has 0 spiro atoms. The molecule has 1 rings (SSSR count). The number of carbonyl (C=O) groups excluding carboxylic acids is 1. The van der Waals surface area contributed by atoms with Crippen LogP contribution in [-0.4, -0.2) is 36.6 Å². The summed E-state index contributed by atoms with van der Waals surface area (Å²) in [6, 6.07) is 3.74. The van der Waals surface area contributed by atoms with E-state index in [9.17, 15) is 4.79 Å². The van der Waals surface area contributed by atoms with Crippen molar-refractivity contribution in [1.29, 1.82) is 0 Å². The Morgan fingerprint density at radius 2 is 2.23 bits per heavy atom. The summed E-state index contributed by atoms with van der Waals surface area (Å²) >= 11 is 1.47. The van der Waals surface area contributed by atoms with Gasteiger partial charge in [-0.15, -0.1) is 11.3 Å². The average molecular weight is 198 g/mol. The van der Waals surface area contributed by atoms with Crippen molar-refractivity contribution >= 4 is 17.2 Å². The molecule has 0 unspecified atom stereocenters. The third kappa shape index (κ3) is 2.29. The highest BCUT2D eigenvalue weighted by Crippen LogP contribution is 2.12. The van der Waals surface area contributed by atoms with Gasteiger partial charge < -0.3 is 0 Å². The van der Waals surface area contributed by atoms with E-state index in [1.165, 1.54) is 11.3 Å². The van der Waals surface area contributed by atoms with E-state index in [2.05, 4.69) is 0 Å². The molecule has 0 fully saturated rings. The highest BCUT2D eigenvalue weighted by molar-refractivity contribution is 7.12. The minimum atomic E-state index is 0.0718. The van der Waals surface area contributed by atoms with Gasteiger partial charge in [0.1, 0.15) is 0 Å². The van der Waals surface area contributed by atoms with E-state index >= 15 is 0 Å². The highest BCUT2D eigenvalue weighted by atomic mass is 32.1. The number of hydrogen-bond acceptors (Lipinski definition) is 3. The second kappa shape index (κ2) is 4.39. The van der Waals surface area contributed by atoms with Crippen LogP contribution in [-0.2, 0) is 0 Å². The van der Waals surface area contributed by atoms with Gasteiger partial charge in [0.05, 0.1) is 4.88 Å². The predicted octanol–water partition coefficient (Wildman–Crippen LogP) is 1.69. The number of carbonyl (C=O) groups is 1. The van der Waals surface area contributed by atoms with Gasteiger partial charge in [-0.05, 0) is 18.4 Å². The van der Waals surface area contributed by atoms with Gasteiger partial charge in [0.15, 0.2) is 0 Å². The fraction of sp³-hybridized carbons (Fsp3) is 0.444. The molecule has 72 valence electrons. The molecule has 3 nitrogen and oxygen atoms in total. The Bertz CT molecular complexity index is 269. The molecular formula is C9H14N2OS. The third-order valence-corrected chi connectivity index (χ3v) is 2.61. The van der Waals surface area contributed by atoms with E-state index in [4.69, 9.17) is 0 Å². The molecule has 13 heavy (non-hydrogen) atoms. The quantitative estimate of drug-likeness (QED) is 0.690. The Morgan fingerprint density at radius 1 is 1.54 bits per heavy atom. The number of amides is 1. The van der Waals surface area contributed by atoms with Crippen LogP contribution in [0.15, 0.2) is 17.5 Å². The molecule has 1 aromatic heterocycles. The Labute approximate surface area is 82.5 Å². The number of thiophene rings is 1. The van der Waals surface area contributed by atoms with Crippen LogP contribution in [0.5, 0.6) is 0 Å². The zero-order valence-corrected chi connectivity index (χ0v) is 8.97. The molecule has 0 N–H and O–H groups in total. The van der Waals surface area contributed by atoms with Crippen LogP contribution >= 0.6 is 11.3 Å². The van der Waals surface area contributed by atoms with Crippen LogP contribution in [0.4, 0.5) is 0 Å². The molecule has 1 aromatic rings. The van der Waals surface area contributed by atoms with Crippen molar-refractivity contribution in [3.05, 3.63) is 22.4 Å². The number of nitrogens with zero attached hydrogens (tertiary/aromatic N) is 2. The summed E-state index contributed by atoms with van der Waals surface area (Å²) in [5.74, 6) is 0.0718. The summed E-state index contributed by atoms with van der Waals surface area (Å²) in [4.78, 5) is 12.6. The Hall–Kier alpha value is -0.870. The molecule has 0 aromatic carbocycles. The molecule has 0 atom stereocenters. The van der Waals surface area contributed by atoms with Crippen LogP contribution in [0, 0.1) is 0 Å². The lowest BCUT2D eigenvalue weighted by Gasteiger charge is -2.26. The maximum absolute atomic E-state index is 11.8. The molecule has 0 aliphatic heterocycles. The van der Waals surface area contributed by atoms with Crippen molar-refractivity contribution in [3.8, 4) is 0 Å². The van der Waals surface area contributed by atoms with Crippen LogP contribution in [0.3, 0.4) is 0 Å². The SMILES string of the molecule is CCN(C(=O)c1cccs1)N(C)C. The Kier molecular flexibility index (Phi) is 3.45. The molecule has 0 aliphatic carbocycles. The summed E-state index contributed by atoms with van der Waals surface area (Å²) in [7, 11) is 3.74. The lowest BCUT2D eigenvalue weighted by molar-refractivity contribution is 0.0235. The normalized spacial score (nSPS) is 10.5. The lowest BCUT2D eigenvalue weighted by atomic mass is 10.4. The van der Waals surface area contributed by atoms with Crippen molar-refractivity contribution < 1.29 is 4.79 Å². The van der Waals surface area contributed by atoms with Gasteiger partial charge in [-0.25, -0.2) is 5.01 Å². The monoisotopic (exact) mass is 198 g/mol. The molecule has 1 amide bonds. The van der Waals surface area contributed by atoms with E-state index in [0.29, 0.717) is 6.54 Å². The van der Waals surface area contributed by atoms with Crippen molar-refractivity contribution in [2.75, 3.05) is 20.6 Å². The number of hydrazine groups is 1. The van der Waals surface area contributed by atoms with E-state index in [-0.39, 0.29) is 5.91 Å². The van der Waals surface area contributed by atoms with E-state index < -0.39 is 0 Å². The second-order valence-corrected chi connectivity index (χ2v) is 3.79. The Morgan fingerprint density at radius 3 is 2.62 bits per heavy atom. The summed E-state index contributed by atoms with van der Waals surface area (Å²) in [6.07, 6.45) is 0. The molecule has 0 radical (unpaired) electrons. The van der Waals surface area contributed by atoms with Crippen LogP contribution in [0.1, 0.15) is 16.6 Å². The van der Waals surface area contributed by atoms with Crippen molar-refractivity contribution in [3.63, 3.8) is 0 Å². The van der Waals surface area contributed by atoms with Gasteiger partial charge >= 0.3 is 0 Å². The standard InChI is InChI=1S/C9H14N2OS/c1-4-11(10(2)3)9(12)8-6-5-7-13-8/h5-7H,4H2,1-3H3. The topological polar surface area (TPSA) is 23.6 Å². The van der Waals surface area contributed by atoms with Gasteiger partial charge in [-0.3, -0.25) is 9.80 Å². The second-order valence-electron chi connectivity index (χ2n) is 2.85. The fourth-order valence-electron chi connectivity index (χ4n) is 1.14. The lowest BCUT2D eigenvalue weighted by Crippen LogP contribution is -2.41. The van der Waals surface area contributed by atoms with Crippen LogP contribution in [0.2, 0.25) is 0 Å². The minimum Gasteiger partial charge on any atom is -0.271 e. The first-order chi connectivity index (χ1) is 6.16. The van der Waals surface area contributed by atoms with E-state index in [1.807, 2.05) is 43.5 Å². The van der Waals surface area contributed by atoms with Gasteiger partial charge in [-0.2, -0.15) is 0 Å². The van der Waals surface area contributed by atoms with Crippen molar-refractivity contribution in [2.45, 2.75) is 6.92 Å². The molecular weight excluding hydrogens is 184 g/mol. The number of hydrogen-bond donors (Lipinski definition) is 0. The largest absolute Gasteiger partial charge is 0.278 e. The first kappa shape index (κ1) is 10.2. The summed E-state index contributed by atoms with van der Waals surface area (Å²) < 4.78 is 0. The first-order valence-electron chi connectivity index (χ1n) is 4.19. The Balaban J connectivity index is 2.77. The van der Waals surface area contributed by atoms with Gasteiger partial charge in [0, 0.05) is 20.6 Å². The molecule has 0 saturated heterocycles. The van der Waals surface area contributed by atoms with Gasteiger partial charge in [0.25, 0.3) is 5.91 Å². The van der Waals surface area contributed by atoms with Crippen molar-refractivity contribution in [2.24, 2.45) is 0 Å². The summed E-state index contributed by atoms with van der Waals surface area (Å²) in [5.41, 5.74) is 0. The molecule has 0 aliphatic rings. The van der Waals surface area contributed by atoms with Crippen LogP contribution in [0.25, 0.3) is 0 Å². The smallest absolute Gasteiger partial charge is 0.271 e. The first-order valence-corrected chi connectivity index (χ1v) is 5.07. The fourth-order valence-corrected chi connectivity index (χ4v) is 1.80. The maximum Gasteiger partial charge on any atom is 0.278 e. The molecule has 1 heterocycles. The predicted molar refractivity (Wildman–Crippen MR) is 54.7 cm³/mol. The average Bonchev–Trinajstić information content (AvgIpc) is 2.56. The van der Waals surface area contributed by atoms with Gasteiger partial charge in [-0.1, -0.05) is 6.07 Å². The molecule has 4 heteroatoms. The molecule has 0 saturated carbocycles. The maximum atomic E-state index is 11.8. The van der Waals surface area contributed by atoms with E-state index in [0.717, 1.165) is 4.88 Å². The van der Waals surface area contributed by atoms with Gasteiger partial charge in [0.2, 0.25) is 0 Å². The molecule has 0 bridgehead atoms. The zero-order chi connectivity index (χ0) is 9.84. The highest BCUT2D eigenvalue weighted by Gasteiger charge is 2.16. The number of rotatable bonds is 3. The minimum absolute atomic E-state index is 0.0718. The van der Waals surface area contributed by atoms with Crippen LogP contribution < -0.4 is 0 Å². The third-order valence-electron chi connectivity index (χ3n) is 1.75. The summed E-state index contributed by atoms with van der Waals surface area (Å²) in [5, 5.41) is 5.42. The zero-order valence-electron chi connectivity index (χ0n) is 8.15. The summed E-state index contributed by atoms with van der Waals surface area (Å²) in [6.45, 7) is 2.66. The van der Waals surface area contributed by atoms with Crippen molar-refractivity contribution in [1.82, 2.24) is 10.0 Å². The van der Waals surface area contributed by atoms with E-state index in [1.54, 1.807) is 5.01 Å².